The molecule has 2 aromatic carbocycles. The Morgan fingerprint density at radius 3 is 2.84 bits per heavy atom. The molecule has 1 aliphatic heterocycles. The van der Waals surface area contributed by atoms with Crippen molar-refractivity contribution in [3.63, 3.8) is 0 Å². The van der Waals surface area contributed by atoms with Gasteiger partial charge in [0.15, 0.2) is 11.6 Å². The van der Waals surface area contributed by atoms with Crippen LogP contribution in [0.25, 0.3) is 5.57 Å². The first kappa shape index (κ1) is 21.8. The second kappa shape index (κ2) is 9.01. The lowest BCUT2D eigenvalue weighted by molar-refractivity contribution is -0.0308. The predicted molar refractivity (Wildman–Crippen MR) is 115 cm³/mol. The molecule has 0 aliphatic carbocycles. The van der Waals surface area contributed by atoms with Gasteiger partial charge in [-0.25, -0.2) is 4.39 Å². The summed E-state index contributed by atoms with van der Waals surface area (Å²) in [5.74, 6) is -0.250. The summed E-state index contributed by atoms with van der Waals surface area (Å²) in [5.41, 5.74) is 1.95. The minimum atomic E-state index is -0.695. The molecular weight excluding hydrogens is 458 g/mol. The first-order chi connectivity index (χ1) is 15.3. The van der Waals surface area contributed by atoms with Gasteiger partial charge in [0.1, 0.15) is 5.75 Å². The first-order valence-electron chi connectivity index (χ1n) is 9.36. The fourth-order valence-electron chi connectivity index (χ4n) is 3.15. The van der Waals surface area contributed by atoms with Crippen LogP contribution in [0.4, 0.5) is 4.39 Å². The standard InChI is InChI=1S/C22H15Cl2FN4O3/c1-12-11-29(30)5-4-17(12)22-28-27-19(32-22)8-14-2-3-18(24)21(20(14)25)31-16-7-13(10-26)6-15(23)9-16/h2-4,6-7,9,11,30H,5,8H2,1H3. The van der Waals surface area contributed by atoms with Crippen molar-refractivity contribution in [2.45, 2.75) is 13.3 Å². The van der Waals surface area contributed by atoms with Gasteiger partial charge < -0.3 is 9.15 Å². The molecule has 0 spiro atoms. The summed E-state index contributed by atoms with van der Waals surface area (Å²) in [6, 6.07) is 9.30. The van der Waals surface area contributed by atoms with Crippen molar-refractivity contribution in [2.75, 3.05) is 6.54 Å². The number of hydrogen-bond donors (Lipinski definition) is 1. The van der Waals surface area contributed by atoms with Crippen molar-refractivity contribution in [3.05, 3.63) is 87.0 Å². The zero-order valence-corrected chi connectivity index (χ0v) is 18.2. The molecule has 0 unspecified atom stereocenters. The van der Waals surface area contributed by atoms with Crippen LogP contribution in [0.5, 0.6) is 11.5 Å². The van der Waals surface area contributed by atoms with E-state index >= 15 is 4.39 Å². The molecule has 1 aliphatic rings. The van der Waals surface area contributed by atoms with Crippen molar-refractivity contribution in [1.82, 2.24) is 15.3 Å². The van der Waals surface area contributed by atoms with E-state index in [2.05, 4.69) is 10.2 Å². The molecule has 0 amide bonds. The van der Waals surface area contributed by atoms with Crippen LogP contribution in [0.1, 0.15) is 29.8 Å². The molecule has 1 aromatic heterocycles. The van der Waals surface area contributed by atoms with Crippen LogP contribution in [-0.2, 0) is 6.42 Å². The highest BCUT2D eigenvalue weighted by atomic mass is 35.5. The quantitative estimate of drug-likeness (QED) is 0.503. The lowest BCUT2D eigenvalue weighted by atomic mass is 10.1. The summed E-state index contributed by atoms with van der Waals surface area (Å²) in [7, 11) is 0. The topological polar surface area (TPSA) is 95.4 Å². The van der Waals surface area contributed by atoms with Crippen LogP contribution in [0.15, 0.2) is 52.6 Å². The molecule has 3 aromatic rings. The van der Waals surface area contributed by atoms with Crippen LogP contribution < -0.4 is 4.74 Å². The monoisotopic (exact) mass is 472 g/mol. The predicted octanol–water partition coefficient (Wildman–Crippen LogP) is 5.76. The van der Waals surface area contributed by atoms with E-state index in [9.17, 15) is 5.21 Å². The van der Waals surface area contributed by atoms with Gasteiger partial charge in [-0.1, -0.05) is 29.3 Å². The minimum Gasteiger partial charge on any atom is -0.453 e. The molecule has 32 heavy (non-hydrogen) atoms. The zero-order valence-electron chi connectivity index (χ0n) is 16.6. The lowest BCUT2D eigenvalue weighted by Crippen LogP contribution is -2.16. The number of rotatable bonds is 5. The molecule has 0 atom stereocenters. The fourth-order valence-corrected chi connectivity index (χ4v) is 3.56. The number of allylic oxidation sites excluding steroid dienone is 2. The van der Waals surface area contributed by atoms with Crippen LogP contribution in [-0.4, -0.2) is 27.0 Å². The molecule has 0 bridgehead atoms. The smallest absolute Gasteiger partial charge is 0.247 e. The summed E-state index contributed by atoms with van der Waals surface area (Å²) in [5, 5.41) is 28.0. The van der Waals surface area contributed by atoms with Gasteiger partial charge in [-0.15, -0.1) is 10.2 Å². The number of ether oxygens (including phenoxy) is 1. The molecule has 0 saturated heterocycles. The molecule has 162 valence electrons. The Labute approximate surface area is 192 Å². The molecule has 4 rings (SSSR count). The largest absolute Gasteiger partial charge is 0.453 e. The molecule has 7 nitrogen and oxygen atoms in total. The highest BCUT2D eigenvalue weighted by Gasteiger charge is 2.20. The number of nitrogens with zero attached hydrogens (tertiary/aromatic N) is 4. The van der Waals surface area contributed by atoms with Gasteiger partial charge in [0.25, 0.3) is 0 Å². The maximum Gasteiger partial charge on any atom is 0.247 e. The molecule has 0 fully saturated rings. The van der Waals surface area contributed by atoms with E-state index in [-0.39, 0.29) is 57.4 Å². The van der Waals surface area contributed by atoms with E-state index in [4.69, 9.17) is 37.6 Å². The van der Waals surface area contributed by atoms with Gasteiger partial charge in [0, 0.05) is 22.4 Å². The van der Waals surface area contributed by atoms with E-state index in [0.717, 1.165) is 10.6 Å². The van der Waals surface area contributed by atoms with Crippen molar-refractivity contribution in [1.29, 1.82) is 5.26 Å². The summed E-state index contributed by atoms with van der Waals surface area (Å²) in [6.07, 6.45) is 3.31. The summed E-state index contributed by atoms with van der Waals surface area (Å²) < 4.78 is 26.5. The number of hydroxylamine groups is 2. The van der Waals surface area contributed by atoms with Crippen molar-refractivity contribution in [3.8, 4) is 17.6 Å². The van der Waals surface area contributed by atoms with E-state index < -0.39 is 5.82 Å². The minimum absolute atomic E-state index is 0.00746. The first-order valence-corrected chi connectivity index (χ1v) is 10.1. The Bertz CT molecular complexity index is 1300. The Morgan fingerprint density at radius 2 is 2.09 bits per heavy atom. The Morgan fingerprint density at radius 1 is 1.28 bits per heavy atom. The van der Waals surface area contributed by atoms with Crippen molar-refractivity contribution < 1.29 is 18.8 Å². The van der Waals surface area contributed by atoms with Crippen LogP contribution in [0.2, 0.25) is 10.0 Å². The average Bonchev–Trinajstić information content (AvgIpc) is 3.21. The number of benzene rings is 2. The Balaban J connectivity index is 1.59. The zero-order chi connectivity index (χ0) is 22.8. The maximum absolute atomic E-state index is 15.2. The fraction of sp³-hybridized carbons (Fsp3) is 0.136. The van der Waals surface area contributed by atoms with Gasteiger partial charge in [-0.3, -0.25) is 10.3 Å². The SMILES string of the molecule is CC1=CN(O)CC=C1c1nnc(Cc2ccc(Cl)c(Oc3cc(Cl)cc(C#N)c3)c2F)o1. The number of nitriles is 1. The Kier molecular flexibility index (Phi) is 6.15. The highest BCUT2D eigenvalue weighted by Crippen LogP contribution is 2.36. The van der Waals surface area contributed by atoms with Gasteiger partial charge in [0.2, 0.25) is 11.8 Å². The van der Waals surface area contributed by atoms with E-state index in [1.165, 1.54) is 30.3 Å². The molecule has 10 heteroatoms. The van der Waals surface area contributed by atoms with Gasteiger partial charge in [0.05, 0.1) is 29.6 Å². The number of aromatic nitrogens is 2. The average molecular weight is 473 g/mol. The second-order valence-corrected chi connectivity index (χ2v) is 7.81. The van der Waals surface area contributed by atoms with Crippen molar-refractivity contribution >= 4 is 28.8 Å². The summed E-state index contributed by atoms with van der Waals surface area (Å²) in [4.78, 5) is 0. The number of hydrogen-bond acceptors (Lipinski definition) is 7. The maximum atomic E-state index is 15.2. The molecule has 0 saturated carbocycles. The third-order valence-electron chi connectivity index (χ3n) is 4.64. The van der Waals surface area contributed by atoms with E-state index in [1.54, 1.807) is 19.2 Å². The number of halogens is 3. The third-order valence-corrected chi connectivity index (χ3v) is 5.15. The Hall–Kier alpha value is -3.38. The van der Waals surface area contributed by atoms with Crippen LogP contribution in [0.3, 0.4) is 0 Å². The summed E-state index contributed by atoms with van der Waals surface area (Å²) in [6.45, 7) is 2.09. The van der Waals surface area contributed by atoms with Gasteiger partial charge >= 0.3 is 0 Å². The molecule has 0 radical (unpaired) electrons. The van der Waals surface area contributed by atoms with Gasteiger partial charge in [-0.05, 0) is 42.8 Å². The van der Waals surface area contributed by atoms with E-state index in [0.29, 0.717) is 5.57 Å². The molecule has 2 heterocycles. The summed E-state index contributed by atoms with van der Waals surface area (Å²) >= 11 is 12.1. The normalized spacial score (nSPS) is 13.4. The lowest BCUT2D eigenvalue weighted by Gasteiger charge is -2.17. The second-order valence-electron chi connectivity index (χ2n) is 6.97. The van der Waals surface area contributed by atoms with Crippen LogP contribution >= 0.6 is 23.2 Å². The van der Waals surface area contributed by atoms with Crippen molar-refractivity contribution in [2.24, 2.45) is 0 Å². The highest BCUT2D eigenvalue weighted by molar-refractivity contribution is 6.32. The van der Waals surface area contributed by atoms with Crippen LogP contribution in [0, 0.1) is 17.1 Å². The molecular formula is C22H15Cl2FN4O3. The van der Waals surface area contributed by atoms with Gasteiger partial charge in [-0.2, -0.15) is 5.26 Å². The van der Waals surface area contributed by atoms with E-state index in [1.807, 2.05) is 6.07 Å². The molecule has 1 N–H and O–H groups in total. The third kappa shape index (κ3) is 4.60.